The molecule has 8 nitrogen and oxygen atoms in total. The quantitative estimate of drug-likeness (QED) is 0.748. The van der Waals surface area contributed by atoms with Crippen LogP contribution < -0.4 is 0 Å². The maximum Gasteiger partial charge on any atom is 0.410 e. The summed E-state index contributed by atoms with van der Waals surface area (Å²) < 4.78 is 13.0. The van der Waals surface area contributed by atoms with Gasteiger partial charge in [-0.15, -0.1) is 0 Å². The molecule has 0 spiro atoms. The monoisotopic (exact) mass is 376 g/mol. The van der Waals surface area contributed by atoms with Crippen molar-refractivity contribution in [3.8, 4) is 0 Å². The Kier molecular flexibility index (Phi) is 4.61. The number of hydrogen-bond donors (Lipinski definition) is 0. The van der Waals surface area contributed by atoms with Crippen LogP contribution in [0.2, 0.25) is 0 Å². The minimum Gasteiger partial charge on any atom is -0.444 e. The number of carbonyl (C=O) groups excluding carboxylic acids is 2. The molecule has 8 heteroatoms. The lowest BCUT2D eigenvalue weighted by Crippen LogP contribution is -2.43. The summed E-state index contributed by atoms with van der Waals surface area (Å²) in [6, 6.07) is 1.82. The zero-order chi connectivity index (χ0) is 19.2. The van der Waals surface area contributed by atoms with Crippen LogP contribution in [0.15, 0.2) is 6.07 Å². The van der Waals surface area contributed by atoms with Crippen LogP contribution in [-0.2, 0) is 22.6 Å². The van der Waals surface area contributed by atoms with Crippen LogP contribution in [0.1, 0.15) is 49.8 Å². The first-order chi connectivity index (χ1) is 12.8. The molecular formula is C19H28N4O4. The van der Waals surface area contributed by atoms with E-state index < -0.39 is 5.60 Å². The van der Waals surface area contributed by atoms with E-state index in [9.17, 15) is 9.59 Å². The van der Waals surface area contributed by atoms with Gasteiger partial charge in [0, 0.05) is 32.1 Å². The Balaban J connectivity index is 1.47. The molecule has 0 aliphatic carbocycles. The Labute approximate surface area is 159 Å². The normalized spacial score (nSPS) is 25.1. The first-order valence-corrected chi connectivity index (χ1v) is 9.74. The van der Waals surface area contributed by atoms with Gasteiger partial charge in [0.2, 0.25) is 0 Å². The number of ether oxygens (including phenoxy) is 2. The fourth-order valence-electron chi connectivity index (χ4n) is 4.04. The molecule has 4 heterocycles. The van der Waals surface area contributed by atoms with E-state index in [-0.39, 0.29) is 18.1 Å². The number of aromatic nitrogens is 2. The summed E-state index contributed by atoms with van der Waals surface area (Å²) in [5.74, 6) is 0.399. The van der Waals surface area contributed by atoms with Crippen LogP contribution in [0.25, 0.3) is 0 Å². The topological polar surface area (TPSA) is 76.9 Å². The maximum atomic E-state index is 12.9. The van der Waals surface area contributed by atoms with E-state index >= 15 is 0 Å². The highest BCUT2D eigenvalue weighted by molar-refractivity contribution is 5.92. The van der Waals surface area contributed by atoms with E-state index in [4.69, 9.17) is 9.47 Å². The number of carbonyl (C=O) groups is 2. The lowest BCUT2D eigenvalue weighted by atomic mass is 10.00. The number of aryl methyl sites for hydroxylation is 1. The molecule has 0 unspecified atom stereocenters. The van der Waals surface area contributed by atoms with Crippen LogP contribution in [0.3, 0.4) is 0 Å². The van der Waals surface area contributed by atoms with Crippen molar-refractivity contribution in [1.82, 2.24) is 19.6 Å². The minimum atomic E-state index is -0.527. The van der Waals surface area contributed by atoms with Crippen molar-refractivity contribution in [2.45, 2.75) is 58.4 Å². The summed E-state index contributed by atoms with van der Waals surface area (Å²) in [4.78, 5) is 28.9. The van der Waals surface area contributed by atoms with Crippen LogP contribution in [-0.4, -0.2) is 69.5 Å². The second kappa shape index (κ2) is 6.82. The summed E-state index contributed by atoms with van der Waals surface area (Å²) in [7, 11) is 0. The number of fused-ring (bicyclic) bond motifs is 3. The fourth-order valence-corrected chi connectivity index (χ4v) is 4.04. The number of likely N-dealkylation sites (tertiary alicyclic amines) is 1. The third kappa shape index (κ3) is 3.95. The van der Waals surface area contributed by atoms with Crippen molar-refractivity contribution >= 4 is 12.0 Å². The molecular weight excluding hydrogens is 348 g/mol. The first kappa shape index (κ1) is 18.3. The molecule has 3 aliphatic rings. The molecule has 4 rings (SSSR count). The van der Waals surface area contributed by atoms with E-state index in [0.717, 1.165) is 31.7 Å². The second-order valence-electron chi connectivity index (χ2n) is 8.77. The minimum absolute atomic E-state index is 0.0420. The predicted molar refractivity (Wildman–Crippen MR) is 97.2 cm³/mol. The van der Waals surface area contributed by atoms with Crippen LogP contribution in [0, 0.1) is 5.92 Å². The van der Waals surface area contributed by atoms with Gasteiger partial charge >= 0.3 is 6.09 Å². The van der Waals surface area contributed by atoms with Crippen molar-refractivity contribution < 1.29 is 19.1 Å². The SMILES string of the molecule is CC(C)(C)OC(=O)N1CCCn2nc(C(=O)N3C[C@H]4CO[C@H](C4)C3)cc2C1. The van der Waals surface area contributed by atoms with Gasteiger partial charge in [-0.05, 0) is 39.7 Å². The molecule has 2 atom stereocenters. The summed E-state index contributed by atoms with van der Waals surface area (Å²) in [6.45, 7) is 9.42. The van der Waals surface area contributed by atoms with Gasteiger partial charge in [0.1, 0.15) is 5.60 Å². The lowest BCUT2D eigenvalue weighted by molar-refractivity contribution is 0.0236. The van der Waals surface area contributed by atoms with E-state index in [1.165, 1.54) is 0 Å². The van der Waals surface area contributed by atoms with Crippen LogP contribution in [0.4, 0.5) is 4.79 Å². The van der Waals surface area contributed by atoms with E-state index in [1.54, 1.807) is 4.90 Å². The maximum absolute atomic E-state index is 12.9. The van der Waals surface area contributed by atoms with Crippen LogP contribution >= 0.6 is 0 Å². The Hall–Kier alpha value is -2.09. The molecule has 2 fully saturated rings. The Bertz CT molecular complexity index is 727. The number of hydrogen-bond acceptors (Lipinski definition) is 5. The zero-order valence-corrected chi connectivity index (χ0v) is 16.3. The first-order valence-electron chi connectivity index (χ1n) is 9.74. The highest BCUT2D eigenvalue weighted by Gasteiger charge is 2.37. The van der Waals surface area contributed by atoms with E-state index in [0.29, 0.717) is 37.8 Å². The Morgan fingerprint density at radius 3 is 2.78 bits per heavy atom. The fraction of sp³-hybridized carbons (Fsp3) is 0.737. The molecule has 2 bridgehead atoms. The average Bonchev–Trinajstić information content (AvgIpc) is 3.08. The highest BCUT2D eigenvalue weighted by atomic mass is 16.6. The molecule has 0 saturated carbocycles. The molecule has 3 aliphatic heterocycles. The predicted octanol–water partition coefficient (Wildman–Crippen LogP) is 1.88. The molecule has 0 aromatic carbocycles. The van der Waals surface area contributed by atoms with Crippen molar-refractivity contribution in [3.05, 3.63) is 17.5 Å². The van der Waals surface area contributed by atoms with Gasteiger partial charge in [0.25, 0.3) is 5.91 Å². The van der Waals surface area contributed by atoms with Crippen molar-refractivity contribution in [2.24, 2.45) is 5.92 Å². The average molecular weight is 376 g/mol. The summed E-state index contributed by atoms with van der Waals surface area (Å²) >= 11 is 0. The Morgan fingerprint density at radius 1 is 1.22 bits per heavy atom. The van der Waals surface area contributed by atoms with Gasteiger partial charge < -0.3 is 19.3 Å². The van der Waals surface area contributed by atoms with Gasteiger partial charge in [0.05, 0.1) is 24.9 Å². The third-order valence-corrected chi connectivity index (χ3v) is 5.24. The summed E-state index contributed by atoms with van der Waals surface area (Å²) in [6.07, 6.45) is 1.67. The number of nitrogens with zero attached hydrogens (tertiary/aromatic N) is 4. The van der Waals surface area contributed by atoms with Gasteiger partial charge in [-0.3, -0.25) is 9.48 Å². The number of amides is 2. The van der Waals surface area contributed by atoms with Crippen molar-refractivity contribution in [1.29, 1.82) is 0 Å². The van der Waals surface area contributed by atoms with Gasteiger partial charge in [-0.25, -0.2) is 4.79 Å². The smallest absolute Gasteiger partial charge is 0.410 e. The molecule has 1 aromatic rings. The Morgan fingerprint density at radius 2 is 2.04 bits per heavy atom. The van der Waals surface area contributed by atoms with Crippen molar-refractivity contribution in [3.63, 3.8) is 0 Å². The lowest BCUT2D eigenvalue weighted by Gasteiger charge is -2.29. The molecule has 0 N–H and O–H groups in total. The van der Waals surface area contributed by atoms with E-state index in [2.05, 4.69) is 5.10 Å². The largest absolute Gasteiger partial charge is 0.444 e. The van der Waals surface area contributed by atoms with Gasteiger partial charge in [-0.2, -0.15) is 5.10 Å². The number of rotatable bonds is 1. The molecule has 148 valence electrons. The number of piperidine rings is 1. The van der Waals surface area contributed by atoms with Gasteiger partial charge in [0.15, 0.2) is 5.69 Å². The second-order valence-corrected chi connectivity index (χ2v) is 8.77. The zero-order valence-electron chi connectivity index (χ0n) is 16.3. The third-order valence-electron chi connectivity index (χ3n) is 5.24. The molecule has 27 heavy (non-hydrogen) atoms. The molecule has 0 radical (unpaired) electrons. The molecule has 2 saturated heterocycles. The summed E-state index contributed by atoms with van der Waals surface area (Å²) in [5.41, 5.74) is 0.802. The van der Waals surface area contributed by atoms with E-state index in [1.807, 2.05) is 36.4 Å². The standard InChI is InChI=1S/C19H28N4O4/c1-19(2,3)27-18(25)21-5-4-6-23-14(10-21)8-16(20-23)17(24)22-9-13-7-15(11-22)26-12-13/h8,13,15H,4-7,9-12H2,1-3H3/t13-,15+/m0/s1. The molecule has 2 amide bonds. The van der Waals surface area contributed by atoms with Crippen LogP contribution in [0.5, 0.6) is 0 Å². The van der Waals surface area contributed by atoms with Gasteiger partial charge in [-0.1, -0.05) is 0 Å². The highest BCUT2D eigenvalue weighted by Crippen LogP contribution is 2.28. The summed E-state index contributed by atoms with van der Waals surface area (Å²) in [5, 5.41) is 4.53. The van der Waals surface area contributed by atoms with Crippen molar-refractivity contribution in [2.75, 3.05) is 26.2 Å². The molecule has 1 aromatic heterocycles.